The van der Waals surface area contributed by atoms with Gasteiger partial charge in [0.1, 0.15) is 11.5 Å². The topological polar surface area (TPSA) is 48.1 Å². The van der Waals surface area contributed by atoms with E-state index in [0.717, 1.165) is 21.6 Å². The van der Waals surface area contributed by atoms with Crippen LogP contribution in [0.3, 0.4) is 0 Å². The van der Waals surface area contributed by atoms with E-state index in [1.165, 1.54) is 11.3 Å². The van der Waals surface area contributed by atoms with Crippen LogP contribution in [-0.2, 0) is 0 Å². The maximum absolute atomic E-state index is 6.11. The zero-order valence-electron chi connectivity index (χ0n) is 15.9. The van der Waals surface area contributed by atoms with Gasteiger partial charge in [-0.1, -0.05) is 35.3 Å². The van der Waals surface area contributed by atoms with Crippen LogP contribution < -0.4 is 14.3 Å². The molecule has 0 radical (unpaired) electrons. The molecule has 3 aromatic rings. The molecule has 1 aromatic heterocycles. The van der Waals surface area contributed by atoms with Crippen LogP contribution in [0.15, 0.2) is 64.5 Å². The molecule has 0 atom stereocenters. The summed E-state index contributed by atoms with van der Waals surface area (Å²) < 4.78 is 12.6. The van der Waals surface area contributed by atoms with Crippen molar-refractivity contribution in [3.05, 3.63) is 74.8 Å². The predicted octanol–water partition coefficient (Wildman–Crippen LogP) is 5.51. The second-order valence-electron chi connectivity index (χ2n) is 5.83. The number of ether oxygens (including phenoxy) is 2. The van der Waals surface area contributed by atoms with Crippen LogP contribution in [-0.4, -0.2) is 31.7 Å². The minimum Gasteiger partial charge on any atom is -0.497 e. The van der Waals surface area contributed by atoms with Crippen LogP contribution in [0.5, 0.6) is 11.5 Å². The fourth-order valence-corrected chi connectivity index (χ4v) is 3.72. The molecule has 0 aliphatic carbocycles. The average Bonchev–Trinajstić information content (AvgIpc) is 3.14. The lowest BCUT2D eigenvalue weighted by Crippen LogP contribution is -2.12. The molecule has 0 bridgehead atoms. The Bertz CT molecular complexity index is 1120. The van der Waals surface area contributed by atoms with Gasteiger partial charge in [-0.2, -0.15) is 5.10 Å². The highest BCUT2D eigenvalue weighted by Gasteiger charge is 2.13. The number of aromatic nitrogens is 1. The third-order valence-corrected chi connectivity index (χ3v) is 5.58. The molecule has 29 heavy (non-hydrogen) atoms. The zero-order valence-corrected chi connectivity index (χ0v) is 18.3. The van der Waals surface area contributed by atoms with Crippen molar-refractivity contribution >= 4 is 40.8 Å². The van der Waals surface area contributed by atoms with Gasteiger partial charge in [0.25, 0.3) is 0 Å². The summed E-state index contributed by atoms with van der Waals surface area (Å²) in [6, 6.07) is 11.0. The highest BCUT2D eigenvalue weighted by atomic mass is 35.5. The molecule has 0 fully saturated rings. The zero-order chi connectivity index (χ0) is 20.8. The van der Waals surface area contributed by atoms with Gasteiger partial charge in [0.2, 0.25) is 4.80 Å². The van der Waals surface area contributed by atoms with Crippen molar-refractivity contribution in [3.63, 3.8) is 0 Å². The summed E-state index contributed by atoms with van der Waals surface area (Å²) in [5.74, 6) is 1.39. The summed E-state index contributed by atoms with van der Waals surface area (Å²) in [5, 5.41) is 7.59. The van der Waals surface area contributed by atoms with Crippen molar-refractivity contribution in [1.82, 2.24) is 4.68 Å². The molecule has 0 aliphatic heterocycles. The fraction of sp³-hybridized carbons (Fsp3) is 0.143. The molecule has 0 amide bonds. The molecule has 2 aromatic carbocycles. The second kappa shape index (κ2) is 9.78. The van der Waals surface area contributed by atoms with Gasteiger partial charge in [0.15, 0.2) is 0 Å². The number of hydrogen-bond donors (Lipinski definition) is 0. The van der Waals surface area contributed by atoms with E-state index in [-0.39, 0.29) is 0 Å². The maximum Gasteiger partial charge on any atom is 0.206 e. The van der Waals surface area contributed by atoms with Gasteiger partial charge in [-0.15, -0.1) is 17.9 Å². The Morgan fingerprint density at radius 2 is 1.93 bits per heavy atom. The van der Waals surface area contributed by atoms with E-state index in [4.69, 9.17) is 32.7 Å². The number of rotatable bonds is 7. The van der Waals surface area contributed by atoms with Gasteiger partial charge in [-0.25, -0.2) is 4.68 Å². The lowest BCUT2D eigenvalue weighted by atomic mass is 10.1. The molecule has 0 spiro atoms. The number of benzene rings is 2. The summed E-state index contributed by atoms with van der Waals surface area (Å²) in [5.41, 5.74) is 2.53. The standard InChI is InChI=1S/C21H19Cl2N3O2S/c1-4-9-24-21-26(25-12-14-5-8-17(22)18(23)10-14)19(13-29-21)16-7-6-15(27-2)11-20(16)28-3/h4-8,10-13H,1,9H2,2-3H3. The van der Waals surface area contributed by atoms with Crippen LogP contribution in [0.1, 0.15) is 5.56 Å². The van der Waals surface area contributed by atoms with Crippen LogP contribution in [0.25, 0.3) is 11.3 Å². The first kappa shape index (κ1) is 21.2. The van der Waals surface area contributed by atoms with Crippen molar-refractivity contribution < 1.29 is 9.47 Å². The Kier molecular flexibility index (Phi) is 7.14. The van der Waals surface area contributed by atoms with E-state index < -0.39 is 0 Å². The van der Waals surface area contributed by atoms with Crippen molar-refractivity contribution in [2.24, 2.45) is 10.1 Å². The molecular formula is C21H19Cl2N3O2S. The highest BCUT2D eigenvalue weighted by Crippen LogP contribution is 2.33. The lowest BCUT2D eigenvalue weighted by Gasteiger charge is -2.11. The van der Waals surface area contributed by atoms with Gasteiger partial charge in [-0.3, -0.25) is 4.99 Å². The smallest absolute Gasteiger partial charge is 0.206 e. The molecule has 0 N–H and O–H groups in total. The molecule has 0 saturated carbocycles. The highest BCUT2D eigenvalue weighted by molar-refractivity contribution is 7.07. The Balaban J connectivity index is 2.12. The van der Waals surface area contributed by atoms with Crippen molar-refractivity contribution in [2.45, 2.75) is 0 Å². The number of methoxy groups -OCH3 is 2. The second-order valence-corrected chi connectivity index (χ2v) is 7.48. The summed E-state index contributed by atoms with van der Waals surface area (Å²) in [4.78, 5) is 5.27. The molecule has 0 unspecified atom stereocenters. The van der Waals surface area contributed by atoms with Crippen LogP contribution >= 0.6 is 34.5 Å². The monoisotopic (exact) mass is 447 g/mol. The summed E-state index contributed by atoms with van der Waals surface area (Å²) in [6.07, 6.45) is 3.45. The molecule has 0 saturated heterocycles. The predicted molar refractivity (Wildman–Crippen MR) is 121 cm³/mol. The first-order valence-corrected chi connectivity index (χ1v) is 10.2. The SMILES string of the molecule is C=CCN=c1scc(-c2ccc(OC)cc2OC)n1N=Cc1ccc(Cl)c(Cl)c1. The molecule has 150 valence electrons. The minimum absolute atomic E-state index is 0.472. The molecular weight excluding hydrogens is 429 g/mol. The van der Waals surface area contributed by atoms with E-state index in [1.807, 2.05) is 29.6 Å². The first-order chi connectivity index (χ1) is 14.1. The summed E-state index contributed by atoms with van der Waals surface area (Å²) in [6.45, 7) is 4.22. The van der Waals surface area contributed by atoms with Gasteiger partial charge in [0, 0.05) is 17.0 Å². The van der Waals surface area contributed by atoms with E-state index in [0.29, 0.717) is 28.1 Å². The summed E-state index contributed by atoms with van der Waals surface area (Å²) in [7, 11) is 3.24. The van der Waals surface area contributed by atoms with Crippen LogP contribution in [0, 0.1) is 0 Å². The van der Waals surface area contributed by atoms with E-state index in [9.17, 15) is 0 Å². The first-order valence-electron chi connectivity index (χ1n) is 8.61. The Morgan fingerprint density at radius 3 is 2.62 bits per heavy atom. The maximum atomic E-state index is 6.11. The third-order valence-electron chi connectivity index (χ3n) is 3.99. The van der Waals surface area contributed by atoms with Gasteiger partial charge >= 0.3 is 0 Å². The largest absolute Gasteiger partial charge is 0.497 e. The number of halogens is 2. The van der Waals surface area contributed by atoms with E-state index >= 15 is 0 Å². The van der Waals surface area contributed by atoms with Gasteiger partial charge < -0.3 is 9.47 Å². The van der Waals surface area contributed by atoms with Crippen molar-refractivity contribution in [3.8, 4) is 22.8 Å². The Morgan fingerprint density at radius 1 is 1.10 bits per heavy atom. The number of hydrogen-bond acceptors (Lipinski definition) is 5. The Labute approximate surface area is 183 Å². The lowest BCUT2D eigenvalue weighted by molar-refractivity contribution is 0.395. The number of nitrogens with zero attached hydrogens (tertiary/aromatic N) is 3. The van der Waals surface area contributed by atoms with Crippen LogP contribution in [0.4, 0.5) is 0 Å². The van der Waals surface area contributed by atoms with E-state index in [1.54, 1.807) is 43.3 Å². The van der Waals surface area contributed by atoms with Crippen molar-refractivity contribution in [1.29, 1.82) is 0 Å². The minimum atomic E-state index is 0.472. The molecule has 1 heterocycles. The number of thiazole rings is 1. The molecule has 3 rings (SSSR count). The van der Waals surface area contributed by atoms with Gasteiger partial charge in [-0.05, 0) is 29.8 Å². The van der Waals surface area contributed by atoms with Gasteiger partial charge in [0.05, 0.1) is 42.7 Å². The quantitative estimate of drug-likeness (QED) is 0.354. The fourth-order valence-electron chi connectivity index (χ4n) is 2.57. The normalized spacial score (nSPS) is 11.8. The summed E-state index contributed by atoms with van der Waals surface area (Å²) >= 11 is 13.6. The molecule has 5 nitrogen and oxygen atoms in total. The molecule has 8 heteroatoms. The third kappa shape index (κ3) is 4.90. The molecule has 0 aliphatic rings. The Hall–Kier alpha value is -2.54. The van der Waals surface area contributed by atoms with Crippen molar-refractivity contribution in [2.75, 3.05) is 20.8 Å². The van der Waals surface area contributed by atoms with Crippen LogP contribution in [0.2, 0.25) is 10.0 Å². The average molecular weight is 448 g/mol. The van der Waals surface area contributed by atoms with E-state index in [2.05, 4.69) is 16.7 Å².